The quantitative estimate of drug-likeness (QED) is 0.671. The molecule has 1 aromatic heterocycles. The first-order valence-corrected chi connectivity index (χ1v) is 8.70. The molecular formula is C17H22N4S. The molecule has 4 nitrogen and oxygen atoms in total. The van der Waals surface area contributed by atoms with E-state index in [1.807, 2.05) is 25.2 Å². The first-order valence-electron chi connectivity index (χ1n) is 7.82. The summed E-state index contributed by atoms with van der Waals surface area (Å²) in [4.78, 5) is 8.99. The van der Waals surface area contributed by atoms with Gasteiger partial charge in [0.15, 0.2) is 5.96 Å². The summed E-state index contributed by atoms with van der Waals surface area (Å²) in [6.07, 6.45) is 5.13. The normalized spacial score (nSPS) is 16.0. The Kier molecular flexibility index (Phi) is 5.06. The maximum absolute atomic E-state index is 4.69. The van der Waals surface area contributed by atoms with Crippen molar-refractivity contribution in [2.45, 2.75) is 38.3 Å². The fraction of sp³-hybridized carbons (Fsp3) is 0.412. The molecule has 1 fully saturated rings. The molecule has 0 radical (unpaired) electrons. The summed E-state index contributed by atoms with van der Waals surface area (Å²) in [5, 5.41) is 10.0. The van der Waals surface area contributed by atoms with Gasteiger partial charge >= 0.3 is 0 Å². The van der Waals surface area contributed by atoms with E-state index < -0.39 is 0 Å². The van der Waals surface area contributed by atoms with Gasteiger partial charge in [-0.25, -0.2) is 4.98 Å². The van der Waals surface area contributed by atoms with Gasteiger partial charge in [-0.1, -0.05) is 43.2 Å². The van der Waals surface area contributed by atoms with Gasteiger partial charge in [0.1, 0.15) is 5.01 Å². The second-order valence-electron chi connectivity index (χ2n) is 5.54. The van der Waals surface area contributed by atoms with Crippen molar-refractivity contribution in [1.82, 2.24) is 15.6 Å². The SMILES string of the molecule is CN=C(NCc1nc(-c2ccccc2)cs1)NC1CCCC1. The van der Waals surface area contributed by atoms with Gasteiger partial charge in [0.05, 0.1) is 12.2 Å². The van der Waals surface area contributed by atoms with Crippen molar-refractivity contribution in [3.8, 4) is 11.3 Å². The van der Waals surface area contributed by atoms with Crippen LogP contribution in [0.4, 0.5) is 0 Å². The Morgan fingerprint density at radius 3 is 2.77 bits per heavy atom. The van der Waals surface area contributed by atoms with Gasteiger partial charge in [-0.05, 0) is 12.8 Å². The number of nitrogens with zero attached hydrogens (tertiary/aromatic N) is 2. The van der Waals surface area contributed by atoms with Crippen LogP contribution in [0.15, 0.2) is 40.7 Å². The second kappa shape index (κ2) is 7.40. The first-order chi connectivity index (χ1) is 10.8. The van der Waals surface area contributed by atoms with Crippen LogP contribution in [0.3, 0.4) is 0 Å². The molecule has 0 atom stereocenters. The smallest absolute Gasteiger partial charge is 0.191 e. The molecule has 1 aliphatic rings. The third-order valence-corrected chi connectivity index (χ3v) is 4.80. The molecule has 1 aromatic carbocycles. The summed E-state index contributed by atoms with van der Waals surface area (Å²) in [6.45, 7) is 0.712. The van der Waals surface area contributed by atoms with E-state index in [4.69, 9.17) is 4.98 Å². The number of rotatable bonds is 4. The van der Waals surface area contributed by atoms with Crippen LogP contribution in [0, 0.1) is 0 Å². The molecule has 5 heteroatoms. The van der Waals surface area contributed by atoms with Crippen LogP contribution < -0.4 is 10.6 Å². The number of nitrogens with one attached hydrogen (secondary N) is 2. The Labute approximate surface area is 135 Å². The summed E-state index contributed by atoms with van der Waals surface area (Å²) in [5.74, 6) is 0.878. The van der Waals surface area contributed by atoms with Crippen molar-refractivity contribution in [1.29, 1.82) is 0 Å². The molecule has 0 amide bonds. The number of hydrogen-bond acceptors (Lipinski definition) is 3. The zero-order valence-corrected chi connectivity index (χ0v) is 13.7. The van der Waals surface area contributed by atoms with E-state index in [0.717, 1.165) is 16.7 Å². The van der Waals surface area contributed by atoms with Gasteiger partial charge in [-0.15, -0.1) is 11.3 Å². The van der Waals surface area contributed by atoms with Crippen LogP contribution in [-0.2, 0) is 6.54 Å². The topological polar surface area (TPSA) is 49.3 Å². The predicted molar refractivity (Wildman–Crippen MR) is 93.1 cm³/mol. The van der Waals surface area contributed by atoms with Crippen molar-refractivity contribution in [3.63, 3.8) is 0 Å². The number of benzene rings is 1. The Morgan fingerprint density at radius 2 is 2.05 bits per heavy atom. The Bertz CT molecular complexity index is 615. The zero-order valence-electron chi connectivity index (χ0n) is 12.9. The van der Waals surface area contributed by atoms with E-state index in [0.29, 0.717) is 12.6 Å². The maximum Gasteiger partial charge on any atom is 0.191 e. The van der Waals surface area contributed by atoms with E-state index in [9.17, 15) is 0 Å². The molecule has 2 aromatic rings. The van der Waals surface area contributed by atoms with Crippen LogP contribution in [-0.4, -0.2) is 24.0 Å². The fourth-order valence-corrected chi connectivity index (χ4v) is 3.49. The minimum absolute atomic E-state index is 0.572. The molecule has 0 bridgehead atoms. The van der Waals surface area contributed by atoms with E-state index in [1.54, 1.807) is 11.3 Å². The van der Waals surface area contributed by atoms with E-state index in [-0.39, 0.29) is 0 Å². The summed E-state index contributed by atoms with van der Waals surface area (Å²) < 4.78 is 0. The minimum Gasteiger partial charge on any atom is -0.354 e. The highest BCUT2D eigenvalue weighted by molar-refractivity contribution is 7.09. The highest BCUT2D eigenvalue weighted by atomic mass is 32.1. The second-order valence-corrected chi connectivity index (χ2v) is 6.49. The average Bonchev–Trinajstić information content (AvgIpc) is 3.24. The maximum atomic E-state index is 4.69. The Hall–Kier alpha value is -1.88. The number of thiazole rings is 1. The molecule has 1 heterocycles. The summed E-state index contributed by atoms with van der Waals surface area (Å²) in [5.41, 5.74) is 2.21. The molecule has 0 aliphatic heterocycles. The average molecular weight is 314 g/mol. The molecule has 116 valence electrons. The van der Waals surface area contributed by atoms with Crippen molar-refractivity contribution in [3.05, 3.63) is 40.7 Å². The van der Waals surface area contributed by atoms with Crippen molar-refractivity contribution < 1.29 is 0 Å². The van der Waals surface area contributed by atoms with Crippen molar-refractivity contribution in [2.24, 2.45) is 4.99 Å². The summed E-state index contributed by atoms with van der Waals surface area (Å²) in [6, 6.07) is 10.9. The lowest BCUT2D eigenvalue weighted by molar-refractivity contribution is 0.613. The van der Waals surface area contributed by atoms with Crippen LogP contribution in [0.5, 0.6) is 0 Å². The van der Waals surface area contributed by atoms with Gasteiger partial charge in [0.2, 0.25) is 0 Å². The third-order valence-electron chi connectivity index (χ3n) is 3.95. The van der Waals surface area contributed by atoms with Crippen molar-refractivity contribution in [2.75, 3.05) is 7.05 Å². The Balaban J connectivity index is 1.56. The Morgan fingerprint density at radius 1 is 1.27 bits per heavy atom. The minimum atomic E-state index is 0.572. The van der Waals surface area contributed by atoms with E-state index in [2.05, 4.69) is 33.1 Å². The third kappa shape index (κ3) is 3.85. The number of guanidine groups is 1. The largest absolute Gasteiger partial charge is 0.354 e. The van der Waals surface area contributed by atoms with Gasteiger partial charge < -0.3 is 10.6 Å². The van der Waals surface area contributed by atoms with Crippen molar-refractivity contribution >= 4 is 17.3 Å². The number of aliphatic imine (C=N–C) groups is 1. The lowest BCUT2D eigenvalue weighted by atomic mass is 10.2. The van der Waals surface area contributed by atoms with Crippen LogP contribution >= 0.6 is 11.3 Å². The predicted octanol–water partition coefficient (Wildman–Crippen LogP) is 3.42. The lowest BCUT2D eigenvalue weighted by Gasteiger charge is -2.16. The molecule has 22 heavy (non-hydrogen) atoms. The number of aromatic nitrogens is 1. The molecule has 0 unspecified atom stereocenters. The summed E-state index contributed by atoms with van der Waals surface area (Å²) >= 11 is 1.68. The lowest BCUT2D eigenvalue weighted by Crippen LogP contribution is -2.41. The molecular weight excluding hydrogens is 292 g/mol. The van der Waals surface area contributed by atoms with Crippen LogP contribution in [0.1, 0.15) is 30.7 Å². The van der Waals surface area contributed by atoms with Gasteiger partial charge in [-0.3, -0.25) is 4.99 Å². The standard InChI is InChI=1S/C17H22N4S/c1-18-17(20-14-9-5-6-10-14)19-11-16-21-15(12-22-16)13-7-3-2-4-8-13/h2-4,7-8,12,14H,5-6,9-11H2,1H3,(H2,18,19,20). The zero-order chi connectivity index (χ0) is 15.2. The van der Waals surface area contributed by atoms with Gasteiger partial charge in [-0.2, -0.15) is 0 Å². The van der Waals surface area contributed by atoms with Gasteiger partial charge in [0.25, 0.3) is 0 Å². The highest BCUT2D eigenvalue weighted by Crippen LogP contribution is 2.21. The molecule has 2 N–H and O–H groups in total. The molecule has 1 saturated carbocycles. The first kappa shape index (κ1) is 15.0. The van der Waals surface area contributed by atoms with E-state index in [1.165, 1.54) is 31.2 Å². The molecule has 0 spiro atoms. The number of hydrogen-bond donors (Lipinski definition) is 2. The molecule has 1 aliphatic carbocycles. The van der Waals surface area contributed by atoms with Crippen LogP contribution in [0.25, 0.3) is 11.3 Å². The fourth-order valence-electron chi connectivity index (χ4n) is 2.75. The highest BCUT2D eigenvalue weighted by Gasteiger charge is 2.16. The van der Waals surface area contributed by atoms with Crippen LogP contribution in [0.2, 0.25) is 0 Å². The van der Waals surface area contributed by atoms with E-state index >= 15 is 0 Å². The monoisotopic (exact) mass is 314 g/mol. The molecule has 3 rings (SSSR count). The molecule has 0 saturated heterocycles. The summed E-state index contributed by atoms with van der Waals surface area (Å²) in [7, 11) is 1.82. The van der Waals surface area contributed by atoms with Gasteiger partial charge in [0, 0.05) is 24.0 Å².